The average Bonchev–Trinajstić information content (AvgIpc) is 2.15. The van der Waals surface area contributed by atoms with Crippen molar-refractivity contribution in [3.05, 3.63) is 0 Å². The molecule has 0 fully saturated rings. The lowest BCUT2D eigenvalue weighted by atomic mass is 10.3. The molecular weight excluding hydrogens is 250 g/mol. The number of carbonyl (C=O) groups is 2. The first-order chi connectivity index (χ1) is 7.70. The van der Waals surface area contributed by atoms with Crippen molar-refractivity contribution in [1.82, 2.24) is 5.32 Å². The van der Waals surface area contributed by atoms with Gasteiger partial charge in [-0.15, -0.1) is 0 Å². The number of hydrogen-bond donors (Lipinski definition) is 2. The van der Waals surface area contributed by atoms with Crippen LogP contribution in [-0.4, -0.2) is 56.2 Å². The maximum atomic E-state index is 11.4. The van der Waals surface area contributed by atoms with Crippen LogP contribution >= 0.6 is 0 Å². The molecule has 0 heterocycles. The highest BCUT2D eigenvalue weighted by atomic mass is 32.2. The minimum absolute atomic E-state index is 0.250. The molecule has 0 bridgehead atoms. The number of carboxylic acids is 1. The fourth-order valence-electron chi connectivity index (χ4n) is 1.07. The zero-order valence-corrected chi connectivity index (χ0v) is 10.8. The van der Waals surface area contributed by atoms with Gasteiger partial charge < -0.3 is 15.2 Å². The van der Waals surface area contributed by atoms with E-state index < -0.39 is 32.7 Å². The van der Waals surface area contributed by atoms with Crippen molar-refractivity contribution in [3.8, 4) is 0 Å². The summed E-state index contributed by atoms with van der Waals surface area (Å²) in [7, 11) is -2.52. The standard InChI is InChI=1S/C9H17NO6S/c1-6(4-16-3)10-8(11)5-17(14,15)7(2)9(12)13/h6-7H,4-5H2,1-3H3,(H,10,11)(H,12,13). The van der Waals surface area contributed by atoms with E-state index in [9.17, 15) is 18.0 Å². The van der Waals surface area contributed by atoms with Gasteiger partial charge in [0, 0.05) is 13.2 Å². The highest BCUT2D eigenvalue weighted by molar-refractivity contribution is 7.93. The van der Waals surface area contributed by atoms with Crippen LogP contribution < -0.4 is 5.32 Å². The Morgan fingerprint density at radius 2 is 1.88 bits per heavy atom. The second-order valence-electron chi connectivity index (χ2n) is 3.71. The van der Waals surface area contributed by atoms with Crippen LogP contribution in [-0.2, 0) is 24.2 Å². The first-order valence-electron chi connectivity index (χ1n) is 4.93. The highest BCUT2D eigenvalue weighted by Gasteiger charge is 2.30. The monoisotopic (exact) mass is 267 g/mol. The number of amides is 1. The van der Waals surface area contributed by atoms with Crippen molar-refractivity contribution in [1.29, 1.82) is 0 Å². The Balaban J connectivity index is 4.43. The molecule has 2 unspecified atom stereocenters. The molecule has 0 saturated carbocycles. The minimum atomic E-state index is -3.97. The van der Waals surface area contributed by atoms with E-state index in [1.165, 1.54) is 7.11 Å². The molecule has 0 aliphatic heterocycles. The summed E-state index contributed by atoms with van der Waals surface area (Å²) in [5.74, 6) is -3.04. The molecule has 1 amide bonds. The fraction of sp³-hybridized carbons (Fsp3) is 0.778. The summed E-state index contributed by atoms with van der Waals surface area (Å²) in [6.45, 7) is 2.93. The van der Waals surface area contributed by atoms with Gasteiger partial charge in [0.25, 0.3) is 0 Å². The lowest BCUT2D eigenvalue weighted by Crippen LogP contribution is -2.41. The van der Waals surface area contributed by atoms with Gasteiger partial charge >= 0.3 is 5.97 Å². The van der Waals surface area contributed by atoms with Gasteiger partial charge in [0.05, 0.1) is 6.61 Å². The summed E-state index contributed by atoms with van der Waals surface area (Å²) in [4.78, 5) is 21.9. The number of carbonyl (C=O) groups excluding carboxylic acids is 1. The molecule has 0 spiro atoms. The summed E-state index contributed by atoms with van der Waals surface area (Å²) in [6.07, 6.45) is 0. The molecule has 7 nitrogen and oxygen atoms in total. The summed E-state index contributed by atoms with van der Waals surface area (Å²) >= 11 is 0. The smallest absolute Gasteiger partial charge is 0.321 e. The van der Waals surface area contributed by atoms with Crippen molar-refractivity contribution < 1.29 is 27.9 Å². The number of carboxylic acid groups (broad SMARTS) is 1. The molecule has 0 aromatic heterocycles. The number of ether oxygens (including phenoxy) is 1. The number of methoxy groups -OCH3 is 1. The third kappa shape index (κ3) is 5.64. The van der Waals surface area contributed by atoms with E-state index in [0.717, 1.165) is 6.92 Å². The summed E-state index contributed by atoms with van der Waals surface area (Å²) in [6, 6.07) is -0.331. The van der Waals surface area contributed by atoms with Crippen molar-refractivity contribution in [2.45, 2.75) is 25.1 Å². The van der Waals surface area contributed by atoms with E-state index in [4.69, 9.17) is 9.84 Å². The van der Waals surface area contributed by atoms with E-state index in [1.807, 2.05) is 0 Å². The van der Waals surface area contributed by atoms with Gasteiger partial charge in [0.1, 0.15) is 5.75 Å². The van der Waals surface area contributed by atoms with Crippen LogP contribution in [0.15, 0.2) is 0 Å². The Morgan fingerprint density at radius 3 is 2.29 bits per heavy atom. The zero-order valence-electron chi connectivity index (χ0n) is 9.97. The van der Waals surface area contributed by atoms with Crippen molar-refractivity contribution in [3.63, 3.8) is 0 Å². The molecule has 8 heteroatoms. The van der Waals surface area contributed by atoms with E-state index >= 15 is 0 Å². The number of aliphatic carboxylic acids is 1. The minimum Gasteiger partial charge on any atom is -0.480 e. The van der Waals surface area contributed by atoms with Gasteiger partial charge in [-0.2, -0.15) is 0 Å². The Morgan fingerprint density at radius 1 is 1.35 bits per heavy atom. The largest absolute Gasteiger partial charge is 0.480 e. The first kappa shape index (κ1) is 15.9. The molecule has 0 aromatic carbocycles. The predicted octanol–water partition coefficient (Wildman–Crippen LogP) is -0.975. The van der Waals surface area contributed by atoms with Crippen LogP contribution in [0.4, 0.5) is 0 Å². The molecule has 0 aromatic rings. The zero-order chi connectivity index (χ0) is 13.6. The average molecular weight is 267 g/mol. The summed E-state index contributed by atoms with van der Waals surface area (Å²) in [5, 5.41) is 9.37. The van der Waals surface area contributed by atoms with E-state index in [-0.39, 0.29) is 12.6 Å². The van der Waals surface area contributed by atoms with Gasteiger partial charge in [0.2, 0.25) is 5.91 Å². The molecule has 0 saturated heterocycles. The van der Waals surface area contributed by atoms with E-state index in [2.05, 4.69) is 5.32 Å². The van der Waals surface area contributed by atoms with Crippen LogP contribution in [0, 0.1) is 0 Å². The SMILES string of the molecule is COCC(C)NC(=O)CS(=O)(=O)C(C)C(=O)O. The number of rotatable bonds is 7. The van der Waals surface area contributed by atoms with Gasteiger partial charge in [-0.1, -0.05) is 0 Å². The van der Waals surface area contributed by atoms with Gasteiger partial charge in [0.15, 0.2) is 15.1 Å². The molecule has 2 N–H and O–H groups in total. The highest BCUT2D eigenvalue weighted by Crippen LogP contribution is 2.02. The van der Waals surface area contributed by atoms with Crippen LogP contribution in [0.25, 0.3) is 0 Å². The summed E-state index contributed by atoms with van der Waals surface area (Å²) in [5.41, 5.74) is 0. The summed E-state index contributed by atoms with van der Waals surface area (Å²) < 4.78 is 27.7. The molecule has 0 radical (unpaired) electrons. The fourth-order valence-corrected chi connectivity index (χ4v) is 2.08. The number of sulfone groups is 1. The van der Waals surface area contributed by atoms with Gasteiger partial charge in [-0.3, -0.25) is 9.59 Å². The van der Waals surface area contributed by atoms with E-state index in [0.29, 0.717) is 0 Å². The van der Waals surface area contributed by atoms with Crippen molar-refractivity contribution in [2.24, 2.45) is 0 Å². The van der Waals surface area contributed by atoms with Crippen molar-refractivity contribution >= 4 is 21.7 Å². The van der Waals surface area contributed by atoms with E-state index in [1.54, 1.807) is 6.92 Å². The third-order valence-electron chi connectivity index (χ3n) is 2.04. The first-order valence-corrected chi connectivity index (χ1v) is 6.65. The molecule has 0 aliphatic carbocycles. The Hall–Kier alpha value is -1.15. The van der Waals surface area contributed by atoms with Gasteiger partial charge in [-0.05, 0) is 13.8 Å². The Labute approximate surface area is 100 Å². The second-order valence-corrected chi connectivity index (χ2v) is 6.03. The lowest BCUT2D eigenvalue weighted by molar-refractivity contribution is -0.136. The van der Waals surface area contributed by atoms with Gasteiger partial charge in [-0.25, -0.2) is 8.42 Å². The quantitative estimate of drug-likeness (QED) is 0.614. The van der Waals surface area contributed by atoms with Crippen molar-refractivity contribution in [2.75, 3.05) is 19.5 Å². The number of hydrogen-bond acceptors (Lipinski definition) is 5. The van der Waals surface area contributed by atoms with Crippen LogP contribution in [0.1, 0.15) is 13.8 Å². The van der Waals surface area contributed by atoms with Crippen LogP contribution in [0.2, 0.25) is 0 Å². The maximum Gasteiger partial charge on any atom is 0.321 e. The Kier molecular flexibility index (Phi) is 6.11. The molecule has 17 heavy (non-hydrogen) atoms. The topological polar surface area (TPSA) is 110 Å². The molecule has 2 atom stereocenters. The van der Waals surface area contributed by atoms with Crippen LogP contribution in [0.3, 0.4) is 0 Å². The third-order valence-corrected chi connectivity index (χ3v) is 3.99. The number of nitrogens with one attached hydrogen (secondary N) is 1. The normalized spacial score (nSPS) is 15.0. The molecule has 0 aliphatic rings. The maximum absolute atomic E-state index is 11.4. The molecule has 0 rings (SSSR count). The van der Waals surface area contributed by atoms with Crippen LogP contribution in [0.5, 0.6) is 0 Å². The molecular formula is C9H17NO6S. The Bertz CT molecular complexity index is 377. The lowest BCUT2D eigenvalue weighted by Gasteiger charge is -2.13. The molecule has 100 valence electrons. The predicted molar refractivity (Wildman–Crippen MR) is 60.4 cm³/mol. The second kappa shape index (κ2) is 6.55.